The van der Waals surface area contributed by atoms with Crippen molar-refractivity contribution < 1.29 is 37.7 Å². The number of allylic oxidation sites excluding steroid dienone is 1. The predicted octanol–water partition coefficient (Wildman–Crippen LogP) is 8.34. The third-order valence-electron chi connectivity index (χ3n) is 5.81. The number of ether oxygens (including phenoxy) is 4. The first-order valence-electron chi connectivity index (χ1n) is 13.8. The molecule has 0 unspecified atom stereocenters. The van der Waals surface area contributed by atoms with E-state index in [1.807, 2.05) is 6.07 Å². The molecule has 0 saturated carbocycles. The Hall–Kier alpha value is -4.66. The monoisotopic (exact) mass is 591 g/mol. The molecule has 0 atom stereocenters. The van der Waals surface area contributed by atoms with Crippen molar-refractivity contribution >= 4 is 23.8 Å². The number of rotatable bonds is 8. The maximum atomic E-state index is 16.3. The highest BCUT2D eigenvalue weighted by Crippen LogP contribution is 2.43. The van der Waals surface area contributed by atoms with E-state index in [-0.39, 0.29) is 46.9 Å². The lowest BCUT2D eigenvalue weighted by molar-refractivity contribution is 0.0426. The lowest BCUT2D eigenvalue weighted by atomic mass is 9.97. The highest BCUT2D eigenvalue weighted by molar-refractivity contribution is 6.13. The number of hydrogen-bond donors (Lipinski definition) is 0. The number of anilines is 1. The van der Waals surface area contributed by atoms with E-state index in [1.54, 1.807) is 96.1 Å². The number of halogens is 1. The standard InChI is InChI=1S/C34H38FNO7/c1-9-16-25-27(35)22(2)26(30(37)41-24-19-14-11-15-20-24)29(40-21-23-17-12-10-13-18-23)28(25)36(31(38)42-33(3,4)5)32(39)43-34(6,7)8/h9-15,17-20H,1,16,21H2,2-8H3. The number of para-hydroxylation sites is 1. The number of esters is 1. The molecule has 8 nitrogen and oxygen atoms in total. The summed E-state index contributed by atoms with van der Waals surface area (Å²) in [4.78, 5) is 41.7. The van der Waals surface area contributed by atoms with Gasteiger partial charge in [-0.3, -0.25) is 0 Å². The molecule has 2 amide bonds. The largest absolute Gasteiger partial charge is 0.486 e. The molecule has 0 heterocycles. The first-order valence-corrected chi connectivity index (χ1v) is 13.8. The Bertz CT molecular complexity index is 1440. The predicted molar refractivity (Wildman–Crippen MR) is 162 cm³/mol. The number of carbonyl (C=O) groups is 3. The second-order valence-corrected chi connectivity index (χ2v) is 11.7. The number of amides is 2. The van der Waals surface area contributed by atoms with E-state index in [0.717, 1.165) is 0 Å². The van der Waals surface area contributed by atoms with E-state index in [2.05, 4.69) is 6.58 Å². The molecule has 0 bridgehead atoms. The van der Waals surface area contributed by atoms with Crippen LogP contribution in [0.3, 0.4) is 0 Å². The molecule has 9 heteroatoms. The Morgan fingerprint density at radius 3 is 1.86 bits per heavy atom. The molecular weight excluding hydrogens is 553 g/mol. The molecule has 0 aromatic heterocycles. The summed E-state index contributed by atoms with van der Waals surface area (Å²) in [7, 11) is 0. The van der Waals surface area contributed by atoms with Crippen LogP contribution in [0.15, 0.2) is 73.3 Å². The second kappa shape index (κ2) is 13.5. The SMILES string of the molecule is C=CCc1c(F)c(C)c(C(=O)Oc2ccccc2)c(OCc2ccccc2)c1N(C(=O)OC(C)(C)C)C(=O)OC(C)(C)C. The normalized spacial score (nSPS) is 11.3. The van der Waals surface area contributed by atoms with Crippen LogP contribution in [0, 0.1) is 12.7 Å². The molecule has 0 aliphatic heterocycles. The Labute approximate surface area is 252 Å². The minimum atomic E-state index is -1.15. The molecular formula is C34H38FNO7. The van der Waals surface area contributed by atoms with Gasteiger partial charge in [0, 0.05) is 11.1 Å². The fourth-order valence-electron chi connectivity index (χ4n) is 4.07. The summed E-state index contributed by atoms with van der Waals surface area (Å²) < 4.78 is 39.2. The van der Waals surface area contributed by atoms with Gasteiger partial charge in [0.2, 0.25) is 0 Å². The van der Waals surface area contributed by atoms with Gasteiger partial charge in [-0.05, 0) is 72.6 Å². The molecule has 0 aliphatic rings. The van der Waals surface area contributed by atoms with Crippen molar-refractivity contribution in [2.45, 2.75) is 72.7 Å². The minimum absolute atomic E-state index is 0.0888. The molecule has 3 aromatic carbocycles. The van der Waals surface area contributed by atoms with E-state index < -0.39 is 35.2 Å². The van der Waals surface area contributed by atoms with Gasteiger partial charge in [0.25, 0.3) is 0 Å². The number of carbonyl (C=O) groups excluding carboxylic acids is 3. The zero-order valence-corrected chi connectivity index (χ0v) is 25.7. The topological polar surface area (TPSA) is 91.4 Å². The first-order chi connectivity index (χ1) is 20.1. The third kappa shape index (κ3) is 8.67. The zero-order chi connectivity index (χ0) is 31.9. The van der Waals surface area contributed by atoms with Crippen LogP contribution in [0.1, 0.15) is 68.6 Å². The maximum absolute atomic E-state index is 16.3. The van der Waals surface area contributed by atoms with Crippen LogP contribution in [0.4, 0.5) is 19.7 Å². The number of imide groups is 1. The van der Waals surface area contributed by atoms with E-state index in [0.29, 0.717) is 10.5 Å². The molecule has 0 saturated heterocycles. The highest BCUT2D eigenvalue weighted by Gasteiger charge is 2.40. The third-order valence-corrected chi connectivity index (χ3v) is 5.81. The molecule has 43 heavy (non-hydrogen) atoms. The van der Waals surface area contributed by atoms with Gasteiger partial charge in [0.15, 0.2) is 5.75 Å². The lowest BCUT2D eigenvalue weighted by Crippen LogP contribution is -2.44. The molecule has 0 spiro atoms. The second-order valence-electron chi connectivity index (χ2n) is 11.7. The van der Waals surface area contributed by atoms with Crippen LogP contribution < -0.4 is 14.4 Å². The fraction of sp³-hybridized carbons (Fsp3) is 0.324. The Kier molecular flexibility index (Phi) is 10.3. The van der Waals surface area contributed by atoms with Crippen molar-refractivity contribution in [3.05, 3.63) is 101 Å². The van der Waals surface area contributed by atoms with Gasteiger partial charge in [-0.25, -0.2) is 18.8 Å². The van der Waals surface area contributed by atoms with Crippen molar-refractivity contribution in [2.75, 3.05) is 4.90 Å². The fourth-order valence-corrected chi connectivity index (χ4v) is 4.07. The van der Waals surface area contributed by atoms with Crippen LogP contribution >= 0.6 is 0 Å². The quantitative estimate of drug-likeness (QED) is 0.148. The van der Waals surface area contributed by atoms with Crippen molar-refractivity contribution in [1.29, 1.82) is 0 Å². The average molecular weight is 592 g/mol. The smallest absolute Gasteiger partial charge is 0.424 e. The number of benzene rings is 3. The zero-order valence-electron chi connectivity index (χ0n) is 25.7. The molecule has 228 valence electrons. The lowest BCUT2D eigenvalue weighted by Gasteiger charge is -2.31. The van der Waals surface area contributed by atoms with Crippen molar-refractivity contribution in [3.8, 4) is 11.5 Å². The van der Waals surface area contributed by atoms with Crippen LogP contribution in [-0.4, -0.2) is 29.4 Å². The Morgan fingerprint density at radius 1 is 0.860 bits per heavy atom. The molecule has 0 radical (unpaired) electrons. The summed E-state index contributed by atoms with van der Waals surface area (Å²) >= 11 is 0. The summed E-state index contributed by atoms with van der Waals surface area (Å²) in [5.41, 5.74) is -2.25. The van der Waals surface area contributed by atoms with Crippen molar-refractivity contribution in [3.63, 3.8) is 0 Å². The Morgan fingerprint density at radius 2 is 1.37 bits per heavy atom. The summed E-state index contributed by atoms with van der Waals surface area (Å²) in [5.74, 6) is -1.85. The number of hydrogen-bond acceptors (Lipinski definition) is 7. The van der Waals surface area contributed by atoms with E-state index >= 15 is 4.39 Å². The van der Waals surface area contributed by atoms with E-state index in [1.165, 1.54) is 13.0 Å². The van der Waals surface area contributed by atoms with Gasteiger partial charge in [-0.2, -0.15) is 4.90 Å². The summed E-state index contributed by atoms with van der Waals surface area (Å²) in [6.45, 7) is 14.7. The van der Waals surface area contributed by atoms with Gasteiger partial charge in [0.1, 0.15) is 40.6 Å². The van der Waals surface area contributed by atoms with E-state index in [9.17, 15) is 14.4 Å². The summed E-state index contributed by atoms with van der Waals surface area (Å²) in [5, 5.41) is 0. The molecule has 3 rings (SSSR count). The van der Waals surface area contributed by atoms with Gasteiger partial charge in [-0.1, -0.05) is 54.6 Å². The van der Waals surface area contributed by atoms with Gasteiger partial charge in [0.05, 0.1) is 0 Å². The molecule has 0 N–H and O–H groups in total. The number of nitrogens with zero attached hydrogens (tertiary/aromatic N) is 1. The van der Waals surface area contributed by atoms with Crippen LogP contribution in [0.5, 0.6) is 11.5 Å². The van der Waals surface area contributed by atoms with Gasteiger partial charge >= 0.3 is 18.2 Å². The highest BCUT2D eigenvalue weighted by atomic mass is 19.1. The first kappa shape index (κ1) is 32.8. The van der Waals surface area contributed by atoms with Gasteiger partial charge in [-0.15, -0.1) is 6.58 Å². The summed E-state index contributed by atoms with van der Waals surface area (Å²) in [6, 6.07) is 17.2. The van der Waals surface area contributed by atoms with Crippen molar-refractivity contribution in [2.24, 2.45) is 0 Å². The van der Waals surface area contributed by atoms with E-state index in [4.69, 9.17) is 18.9 Å². The van der Waals surface area contributed by atoms with Gasteiger partial charge < -0.3 is 18.9 Å². The Balaban J connectivity index is 2.38. The molecule has 3 aromatic rings. The average Bonchev–Trinajstić information content (AvgIpc) is 2.90. The molecule has 0 aliphatic carbocycles. The maximum Gasteiger partial charge on any atom is 0.424 e. The van der Waals surface area contributed by atoms with Crippen molar-refractivity contribution in [1.82, 2.24) is 0 Å². The molecule has 0 fully saturated rings. The van der Waals surface area contributed by atoms with Crippen LogP contribution in [0.2, 0.25) is 0 Å². The summed E-state index contributed by atoms with van der Waals surface area (Å²) in [6.07, 6.45) is -1.02. The minimum Gasteiger partial charge on any atom is -0.486 e. The van der Waals surface area contributed by atoms with Crippen LogP contribution in [-0.2, 0) is 22.5 Å². The van der Waals surface area contributed by atoms with Crippen LogP contribution in [0.25, 0.3) is 0 Å².